The lowest BCUT2D eigenvalue weighted by Crippen LogP contribution is -2.41. The number of anilines is 1. The molecule has 0 unspecified atom stereocenters. The van der Waals surface area contributed by atoms with E-state index >= 15 is 0 Å². The summed E-state index contributed by atoms with van der Waals surface area (Å²) in [6.07, 6.45) is 0. The molecule has 142 valence electrons. The highest BCUT2D eigenvalue weighted by Crippen LogP contribution is 2.27. The lowest BCUT2D eigenvalue weighted by Gasteiger charge is -2.27. The van der Waals surface area contributed by atoms with Gasteiger partial charge < -0.3 is 19.7 Å². The lowest BCUT2D eigenvalue weighted by molar-refractivity contribution is 0.0303. The van der Waals surface area contributed by atoms with Gasteiger partial charge in [-0.05, 0) is 53.2 Å². The average Bonchev–Trinajstić information content (AvgIpc) is 2.70. The van der Waals surface area contributed by atoms with Gasteiger partial charge in [0.2, 0.25) is 0 Å². The van der Waals surface area contributed by atoms with Gasteiger partial charge in [-0.15, -0.1) is 0 Å². The summed E-state index contributed by atoms with van der Waals surface area (Å²) in [4.78, 5) is 27.2. The molecule has 1 heterocycles. The molecule has 2 aromatic rings. The number of halogens is 1. The van der Waals surface area contributed by atoms with Crippen molar-refractivity contribution < 1.29 is 19.1 Å². The second-order valence-corrected chi connectivity index (χ2v) is 6.84. The van der Waals surface area contributed by atoms with E-state index in [0.717, 1.165) is 0 Å². The van der Waals surface area contributed by atoms with Crippen LogP contribution in [0.4, 0.5) is 5.69 Å². The summed E-state index contributed by atoms with van der Waals surface area (Å²) in [6, 6.07) is 12.2. The summed E-state index contributed by atoms with van der Waals surface area (Å²) in [7, 11) is 0. The number of carbonyl (C=O) groups is 2. The van der Waals surface area contributed by atoms with Crippen molar-refractivity contribution in [1.82, 2.24) is 4.90 Å². The fraction of sp³-hybridized carbons (Fsp3) is 0.300. The number of ether oxygens (including phenoxy) is 2. The first-order valence-corrected chi connectivity index (χ1v) is 9.59. The number of carbonyl (C=O) groups excluding carboxylic acids is 2. The minimum absolute atomic E-state index is 0.109. The minimum atomic E-state index is -0.291. The zero-order valence-corrected chi connectivity index (χ0v) is 16.6. The smallest absolute Gasteiger partial charge is 0.256 e. The zero-order valence-electron chi connectivity index (χ0n) is 15.0. The third-order valence-electron chi connectivity index (χ3n) is 4.20. The van der Waals surface area contributed by atoms with Gasteiger partial charge in [0.25, 0.3) is 11.8 Å². The molecule has 0 spiro atoms. The number of rotatable bonds is 5. The second-order valence-electron chi connectivity index (χ2n) is 5.98. The molecule has 2 amide bonds. The van der Waals surface area contributed by atoms with E-state index in [1.54, 1.807) is 47.4 Å². The van der Waals surface area contributed by atoms with E-state index in [1.807, 2.05) is 6.92 Å². The van der Waals surface area contributed by atoms with Gasteiger partial charge in [-0.2, -0.15) is 0 Å². The Labute approximate surface area is 166 Å². The standard InChI is InChI=1S/C20H21BrN2O4/c1-2-27-18-8-7-14(13-16(18)21)19(24)22-17-6-4-3-5-15(17)20(25)23-9-11-26-12-10-23/h3-8,13H,2,9-12H2,1H3,(H,22,24). The van der Waals surface area contributed by atoms with Gasteiger partial charge in [0.15, 0.2) is 0 Å². The normalized spacial score (nSPS) is 13.9. The first kappa shape index (κ1) is 19.4. The Balaban J connectivity index is 1.78. The Morgan fingerprint density at radius 1 is 1.19 bits per heavy atom. The predicted molar refractivity (Wildman–Crippen MR) is 106 cm³/mol. The Bertz CT molecular complexity index is 834. The van der Waals surface area contributed by atoms with Crippen molar-refractivity contribution in [1.29, 1.82) is 0 Å². The zero-order chi connectivity index (χ0) is 19.2. The fourth-order valence-electron chi connectivity index (χ4n) is 2.82. The van der Waals surface area contributed by atoms with Crippen molar-refractivity contribution in [2.45, 2.75) is 6.92 Å². The molecule has 1 aliphatic heterocycles. The van der Waals surface area contributed by atoms with E-state index in [0.29, 0.717) is 59.9 Å². The highest BCUT2D eigenvalue weighted by molar-refractivity contribution is 9.10. The molecular weight excluding hydrogens is 412 g/mol. The molecule has 0 saturated carbocycles. The maximum absolute atomic E-state index is 12.8. The summed E-state index contributed by atoms with van der Waals surface area (Å²) in [5, 5.41) is 2.85. The molecule has 1 aliphatic rings. The Hall–Kier alpha value is -2.38. The maximum atomic E-state index is 12.8. The first-order chi connectivity index (χ1) is 13.1. The molecule has 0 aliphatic carbocycles. The van der Waals surface area contributed by atoms with Gasteiger partial charge in [-0.3, -0.25) is 9.59 Å². The van der Waals surface area contributed by atoms with E-state index in [2.05, 4.69) is 21.2 Å². The van der Waals surface area contributed by atoms with Crippen molar-refractivity contribution in [2.24, 2.45) is 0 Å². The molecule has 27 heavy (non-hydrogen) atoms. The summed E-state index contributed by atoms with van der Waals surface area (Å²) < 4.78 is 11.5. The maximum Gasteiger partial charge on any atom is 0.256 e. The van der Waals surface area contributed by atoms with E-state index in [1.165, 1.54) is 0 Å². The van der Waals surface area contributed by atoms with Crippen LogP contribution in [-0.2, 0) is 4.74 Å². The third-order valence-corrected chi connectivity index (χ3v) is 4.82. The van der Waals surface area contributed by atoms with Crippen LogP contribution in [0.15, 0.2) is 46.9 Å². The van der Waals surface area contributed by atoms with Crippen LogP contribution >= 0.6 is 15.9 Å². The molecule has 1 saturated heterocycles. The van der Waals surface area contributed by atoms with Crippen LogP contribution in [0.3, 0.4) is 0 Å². The number of morpholine rings is 1. The topological polar surface area (TPSA) is 67.9 Å². The lowest BCUT2D eigenvalue weighted by atomic mass is 10.1. The van der Waals surface area contributed by atoms with Gasteiger partial charge in [0, 0.05) is 18.7 Å². The molecule has 0 aromatic heterocycles. The Kier molecular flexibility index (Phi) is 6.47. The monoisotopic (exact) mass is 432 g/mol. The van der Waals surface area contributed by atoms with Crippen molar-refractivity contribution in [2.75, 3.05) is 38.2 Å². The van der Waals surface area contributed by atoms with Gasteiger partial charge in [-0.1, -0.05) is 12.1 Å². The van der Waals surface area contributed by atoms with Crippen molar-refractivity contribution in [3.63, 3.8) is 0 Å². The van der Waals surface area contributed by atoms with Crippen LogP contribution in [0.25, 0.3) is 0 Å². The molecule has 0 radical (unpaired) electrons. The molecule has 0 atom stereocenters. The Morgan fingerprint density at radius 2 is 1.93 bits per heavy atom. The number of hydrogen-bond donors (Lipinski definition) is 1. The number of para-hydroxylation sites is 1. The van der Waals surface area contributed by atoms with Crippen LogP contribution in [0.2, 0.25) is 0 Å². The van der Waals surface area contributed by atoms with E-state index < -0.39 is 0 Å². The molecule has 2 aromatic carbocycles. The van der Waals surface area contributed by atoms with Crippen LogP contribution in [0, 0.1) is 0 Å². The molecule has 3 rings (SSSR count). The van der Waals surface area contributed by atoms with E-state index in [9.17, 15) is 9.59 Å². The number of benzene rings is 2. The van der Waals surface area contributed by atoms with Crippen LogP contribution in [0.1, 0.15) is 27.6 Å². The first-order valence-electron chi connectivity index (χ1n) is 8.80. The second kappa shape index (κ2) is 9.01. The number of hydrogen-bond acceptors (Lipinski definition) is 4. The highest BCUT2D eigenvalue weighted by Gasteiger charge is 2.22. The van der Waals surface area contributed by atoms with E-state index in [4.69, 9.17) is 9.47 Å². The quantitative estimate of drug-likeness (QED) is 0.783. The largest absolute Gasteiger partial charge is 0.493 e. The summed E-state index contributed by atoms with van der Waals surface area (Å²) in [5.74, 6) is 0.278. The molecule has 1 N–H and O–H groups in total. The summed E-state index contributed by atoms with van der Waals surface area (Å²) >= 11 is 3.41. The highest BCUT2D eigenvalue weighted by atomic mass is 79.9. The van der Waals surface area contributed by atoms with E-state index in [-0.39, 0.29) is 11.8 Å². The van der Waals surface area contributed by atoms with Crippen LogP contribution < -0.4 is 10.1 Å². The number of nitrogens with one attached hydrogen (secondary N) is 1. The van der Waals surface area contributed by atoms with Gasteiger partial charge in [-0.25, -0.2) is 0 Å². The molecule has 0 bridgehead atoms. The predicted octanol–water partition coefficient (Wildman–Crippen LogP) is 3.57. The van der Waals surface area contributed by atoms with Crippen LogP contribution in [-0.4, -0.2) is 49.6 Å². The number of nitrogens with zero attached hydrogens (tertiary/aromatic N) is 1. The molecule has 6 nitrogen and oxygen atoms in total. The molecular formula is C20H21BrN2O4. The van der Waals surface area contributed by atoms with Gasteiger partial charge in [0.05, 0.1) is 35.5 Å². The summed E-state index contributed by atoms with van der Waals surface area (Å²) in [6.45, 7) is 4.59. The third kappa shape index (κ3) is 4.67. The number of amides is 2. The fourth-order valence-corrected chi connectivity index (χ4v) is 3.32. The van der Waals surface area contributed by atoms with Gasteiger partial charge >= 0.3 is 0 Å². The van der Waals surface area contributed by atoms with Crippen molar-refractivity contribution in [3.05, 3.63) is 58.1 Å². The SMILES string of the molecule is CCOc1ccc(C(=O)Nc2ccccc2C(=O)N2CCOCC2)cc1Br. The Morgan fingerprint density at radius 3 is 2.63 bits per heavy atom. The van der Waals surface area contributed by atoms with Crippen molar-refractivity contribution in [3.8, 4) is 5.75 Å². The van der Waals surface area contributed by atoms with Gasteiger partial charge in [0.1, 0.15) is 5.75 Å². The average molecular weight is 433 g/mol. The molecule has 1 fully saturated rings. The van der Waals surface area contributed by atoms with Crippen LogP contribution in [0.5, 0.6) is 5.75 Å². The van der Waals surface area contributed by atoms with Crippen molar-refractivity contribution >= 4 is 33.4 Å². The summed E-state index contributed by atoms with van der Waals surface area (Å²) in [5.41, 5.74) is 1.43. The minimum Gasteiger partial charge on any atom is -0.493 e. The molecule has 7 heteroatoms.